The van der Waals surface area contributed by atoms with Gasteiger partial charge in [-0.3, -0.25) is 9.59 Å². The van der Waals surface area contributed by atoms with Crippen molar-refractivity contribution in [3.63, 3.8) is 0 Å². The van der Waals surface area contributed by atoms with E-state index in [0.717, 1.165) is 32.1 Å². The largest absolute Gasteiger partial charge is 0.464 e. The molecule has 7 nitrogen and oxygen atoms in total. The van der Waals surface area contributed by atoms with Gasteiger partial charge in [0.25, 0.3) is 0 Å². The molecule has 3 rings (SSSR count). The highest BCUT2D eigenvalue weighted by molar-refractivity contribution is 6.04. The summed E-state index contributed by atoms with van der Waals surface area (Å²) in [6, 6.07) is 0. The first-order valence-corrected chi connectivity index (χ1v) is 10.0. The Balaban J connectivity index is 1.83. The van der Waals surface area contributed by atoms with Crippen molar-refractivity contribution in [3.8, 4) is 0 Å². The third-order valence-corrected chi connectivity index (χ3v) is 6.14. The van der Waals surface area contributed by atoms with Crippen LogP contribution in [0.4, 0.5) is 0 Å². The first-order chi connectivity index (χ1) is 13.3. The molecule has 0 bridgehead atoms. The Labute approximate surface area is 166 Å². The van der Waals surface area contributed by atoms with E-state index in [0.29, 0.717) is 35.7 Å². The van der Waals surface area contributed by atoms with Crippen LogP contribution in [-0.2, 0) is 21.3 Å². The van der Waals surface area contributed by atoms with Crippen molar-refractivity contribution in [2.45, 2.75) is 52.1 Å². The molecular formula is C21H30N2O5. The molecule has 0 radical (unpaired) electrons. The summed E-state index contributed by atoms with van der Waals surface area (Å²) in [7, 11) is 3.07. The molecule has 1 amide bonds. The molecule has 154 valence electrons. The summed E-state index contributed by atoms with van der Waals surface area (Å²) < 4.78 is 12.2. The van der Waals surface area contributed by atoms with Crippen LogP contribution in [0.5, 0.6) is 0 Å². The van der Waals surface area contributed by atoms with Gasteiger partial charge in [0.15, 0.2) is 5.78 Å². The Kier molecular flexibility index (Phi) is 6.23. The molecule has 1 aromatic rings. The number of rotatable bonds is 7. The Morgan fingerprint density at radius 2 is 1.89 bits per heavy atom. The zero-order valence-corrected chi connectivity index (χ0v) is 17.2. The number of esters is 1. The number of Topliss-reactive ketones (excluding diaryl/α,β-unsaturated/α-hetero) is 1. The third-order valence-electron chi connectivity index (χ3n) is 6.14. The number of amides is 1. The van der Waals surface area contributed by atoms with E-state index in [2.05, 4.69) is 0 Å². The molecule has 1 aromatic heterocycles. The molecule has 1 atom stereocenters. The van der Waals surface area contributed by atoms with Crippen LogP contribution in [0.1, 0.15) is 64.2 Å². The SMILES string of the molecule is COC(=O)c1c(C)c(C(=O)CN(CC2CCCO2)C(=O)C2CCC2)c(C)n1C. The zero-order valence-electron chi connectivity index (χ0n) is 17.2. The molecular weight excluding hydrogens is 360 g/mol. The van der Waals surface area contributed by atoms with Crippen LogP contribution < -0.4 is 0 Å². The summed E-state index contributed by atoms with van der Waals surface area (Å²) >= 11 is 0. The van der Waals surface area contributed by atoms with Gasteiger partial charge in [0.1, 0.15) is 5.69 Å². The molecule has 28 heavy (non-hydrogen) atoms. The van der Waals surface area contributed by atoms with E-state index < -0.39 is 5.97 Å². The summed E-state index contributed by atoms with van der Waals surface area (Å²) in [5.41, 5.74) is 2.18. The smallest absolute Gasteiger partial charge is 0.354 e. The van der Waals surface area contributed by atoms with Crippen molar-refractivity contribution < 1.29 is 23.9 Å². The maximum Gasteiger partial charge on any atom is 0.354 e. The predicted molar refractivity (Wildman–Crippen MR) is 103 cm³/mol. The number of hydrogen-bond donors (Lipinski definition) is 0. The Hall–Kier alpha value is -2.15. The van der Waals surface area contributed by atoms with Crippen LogP contribution in [0.25, 0.3) is 0 Å². The van der Waals surface area contributed by atoms with E-state index in [1.807, 2.05) is 6.92 Å². The minimum Gasteiger partial charge on any atom is -0.464 e. The number of carbonyl (C=O) groups excluding carboxylic acids is 3. The first kappa shape index (κ1) is 20.6. The number of ketones is 1. The fraction of sp³-hybridized carbons (Fsp3) is 0.667. The highest BCUT2D eigenvalue weighted by Crippen LogP contribution is 2.29. The molecule has 0 spiro atoms. The summed E-state index contributed by atoms with van der Waals surface area (Å²) in [5.74, 6) is -0.539. The van der Waals surface area contributed by atoms with Gasteiger partial charge in [0, 0.05) is 37.4 Å². The molecule has 7 heteroatoms. The Morgan fingerprint density at radius 3 is 2.43 bits per heavy atom. The molecule has 2 fully saturated rings. The second-order valence-corrected chi connectivity index (χ2v) is 7.89. The second-order valence-electron chi connectivity index (χ2n) is 7.89. The maximum atomic E-state index is 13.2. The van der Waals surface area contributed by atoms with Crippen molar-refractivity contribution in [1.29, 1.82) is 0 Å². The van der Waals surface area contributed by atoms with Gasteiger partial charge in [0.05, 0.1) is 19.8 Å². The minimum atomic E-state index is -0.469. The highest BCUT2D eigenvalue weighted by atomic mass is 16.5. The number of hydrogen-bond acceptors (Lipinski definition) is 5. The van der Waals surface area contributed by atoms with Crippen molar-refractivity contribution in [1.82, 2.24) is 9.47 Å². The summed E-state index contributed by atoms with van der Waals surface area (Å²) in [6.45, 7) is 4.75. The van der Waals surface area contributed by atoms with Gasteiger partial charge in [-0.1, -0.05) is 6.42 Å². The molecule has 0 aromatic carbocycles. The van der Waals surface area contributed by atoms with E-state index >= 15 is 0 Å². The molecule has 1 unspecified atom stereocenters. The number of ether oxygens (including phenoxy) is 2. The average molecular weight is 390 g/mol. The Morgan fingerprint density at radius 1 is 1.18 bits per heavy atom. The molecule has 1 aliphatic carbocycles. The average Bonchev–Trinajstić information content (AvgIpc) is 3.19. The van der Waals surface area contributed by atoms with E-state index in [-0.39, 0.29) is 30.3 Å². The molecule has 1 aliphatic heterocycles. The highest BCUT2D eigenvalue weighted by Gasteiger charge is 2.34. The zero-order chi connectivity index (χ0) is 20.4. The van der Waals surface area contributed by atoms with E-state index in [4.69, 9.17) is 9.47 Å². The van der Waals surface area contributed by atoms with Crippen molar-refractivity contribution in [3.05, 3.63) is 22.5 Å². The van der Waals surface area contributed by atoms with Crippen LogP contribution in [0, 0.1) is 19.8 Å². The first-order valence-electron chi connectivity index (χ1n) is 10.0. The third kappa shape index (κ3) is 3.85. The lowest BCUT2D eigenvalue weighted by atomic mass is 9.84. The molecule has 1 saturated carbocycles. The van der Waals surface area contributed by atoms with Gasteiger partial charge in [-0.2, -0.15) is 0 Å². The fourth-order valence-corrected chi connectivity index (χ4v) is 4.21. The van der Waals surface area contributed by atoms with Crippen LogP contribution in [-0.4, -0.2) is 60.0 Å². The number of nitrogens with zero attached hydrogens (tertiary/aromatic N) is 2. The number of carbonyl (C=O) groups is 3. The maximum absolute atomic E-state index is 13.2. The minimum absolute atomic E-state index is 0.000393. The second kappa shape index (κ2) is 8.47. The quantitative estimate of drug-likeness (QED) is 0.528. The number of aromatic nitrogens is 1. The fourth-order valence-electron chi connectivity index (χ4n) is 4.21. The van der Waals surface area contributed by atoms with Crippen LogP contribution in [0.15, 0.2) is 0 Å². The van der Waals surface area contributed by atoms with Crippen LogP contribution >= 0.6 is 0 Å². The summed E-state index contributed by atoms with van der Waals surface area (Å²) in [6.07, 6.45) is 4.76. The van der Waals surface area contributed by atoms with Crippen molar-refractivity contribution in [2.75, 3.05) is 26.8 Å². The molecule has 1 saturated heterocycles. The van der Waals surface area contributed by atoms with Gasteiger partial charge in [-0.25, -0.2) is 4.79 Å². The van der Waals surface area contributed by atoms with Gasteiger partial charge < -0.3 is 18.9 Å². The van der Waals surface area contributed by atoms with E-state index in [1.165, 1.54) is 7.11 Å². The topological polar surface area (TPSA) is 77.8 Å². The number of methoxy groups -OCH3 is 1. The standard InChI is InChI=1S/C21H30N2O5/c1-13-18(14(2)22(3)19(13)21(26)27-4)17(24)12-23(11-16-9-6-10-28-16)20(25)15-7-5-8-15/h15-16H,5-12H2,1-4H3. The summed E-state index contributed by atoms with van der Waals surface area (Å²) in [5, 5.41) is 0. The van der Waals surface area contributed by atoms with Gasteiger partial charge in [0.2, 0.25) is 5.91 Å². The lowest BCUT2D eigenvalue weighted by Gasteiger charge is -2.32. The van der Waals surface area contributed by atoms with Gasteiger partial charge in [-0.15, -0.1) is 0 Å². The van der Waals surface area contributed by atoms with Crippen LogP contribution in [0.2, 0.25) is 0 Å². The molecule has 2 heterocycles. The van der Waals surface area contributed by atoms with Crippen LogP contribution in [0.3, 0.4) is 0 Å². The van der Waals surface area contributed by atoms with Gasteiger partial charge in [-0.05, 0) is 45.1 Å². The van der Waals surface area contributed by atoms with Crippen molar-refractivity contribution >= 4 is 17.7 Å². The normalized spacial score (nSPS) is 19.4. The lowest BCUT2D eigenvalue weighted by molar-refractivity contribution is -0.139. The molecule has 0 N–H and O–H groups in total. The predicted octanol–water partition coefficient (Wildman–Crippen LogP) is 2.42. The Bertz CT molecular complexity index is 772. The summed E-state index contributed by atoms with van der Waals surface area (Å²) in [4.78, 5) is 39.9. The van der Waals surface area contributed by atoms with E-state index in [1.54, 1.807) is 23.4 Å². The van der Waals surface area contributed by atoms with E-state index in [9.17, 15) is 14.4 Å². The molecule has 2 aliphatic rings. The lowest BCUT2D eigenvalue weighted by Crippen LogP contribution is -2.45. The monoisotopic (exact) mass is 390 g/mol. The van der Waals surface area contributed by atoms with Crippen molar-refractivity contribution in [2.24, 2.45) is 13.0 Å². The van der Waals surface area contributed by atoms with Gasteiger partial charge >= 0.3 is 5.97 Å².